The van der Waals surface area contributed by atoms with Crippen LogP contribution in [0.5, 0.6) is 5.75 Å². The Morgan fingerprint density at radius 2 is 1.78 bits per heavy atom. The van der Waals surface area contributed by atoms with Crippen LogP contribution in [0.1, 0.15) is 25.0 Å². The van der Waals surface area contributed by atoms with Gasteiger partial charge in [-0.2, -0.15) is 0 Å². The largest absolute Gasteiger partial charge is 0.497 e. The lowest BCUT2D eigenvalue weighted by atomic mass is 10.1. The van der Waals surface area contributed by atoms with E-state index >= 15 is 0 Å². The molecule has 0 fully saturated rings. The van der Waals surface area contributed by atoms with Crippen LogP contribution in [-0.2, 0) is 22.9 Å². The molecule has 0 saturated heterocycles. The zero-order valence-electron chi connectivity index (χ0n) is 13.7. The van der Waals surface area contributed by atoms with Gasteiger partial charge in [0.15, 0.2) is 0 Å². The summed E-state index contributed by atoms with van der Waals surface area (Å²) in [6.45, 7) is 3.90. The summed E-state index contributed by atoms with van der Waals surface area (Å²) in [6, 6.07) is 14.4. The summed E-state index contributed by atoms with van der Waals surface area (Å²) < 4.78 is 32.8. The van der Waals surface area contributed by atoms with Gasteiger partial charge in [-0.05, 0) is 55.2 Å². The molecule has 0 aliphatic heterocycles. The minimum absolute atomic E-state index is 0.210. The first-order chi connectivity index (χ1) is 10.9. The van der Waals surface area contributed by atoms with Gasteiger partial charge < -0.3 is 4.74 Å². The molecular weight excluding hydrogens is 310 g/mol. The molecule has 5 heteroatoms. The SMILES string of the molecule is CCc1ccc(S(=O)(=O)NC(C)Cc2cccc(OC)c2)cc1. The van der Waals surface area contributed by atoms with Gasteiger partial charge in [-0.25, -0.2) is 13.1 Å². The lowest BCUT2D eigenvalue weighted by Gasteiger charge is -2.15. The molecule has 0 amide bonds. The number of aryl methyl sites for hydroxylation is 1. The number of benzene rings is 2. The van der Waals surface area contributed by atoms with Crippen molar-refractivity contribution in [3.05, 3.63) is 59.7 Å². The zero-order valence-corrected chi connectivity index (χ0v) is 14.6. The molecule has 2 aromatic rings. The quantitative estimate of drug-likeness (QED) is 0.847. The Morgan fingerprint density at radius 3 is 2.39 bits per heavy atom. The summed E-state index contributed by atoms with van der Waals surface area (Å²) in [5.41, 5.74) is 2.15. The van der Waals surface area contributed by atoms with Crippen molar-refractivity contribution >= 4 is 10.0 Å². The smallest absolute Gasteiger partial charge is 0.240 e. The van der Waals surface area contributed by atoms with E-state index in [-0.39, 0.29) is 6.04 Å². The molecule has 0 heterocycles. The lowest BCUT2D eigenvalue weighted by Crippen LogP contribution is -2.34. The van der Waals surface area contributed by atoms with Crippen LogP contribution in [-0.4, -0.2) is 21.6 Å². The number of hydrogen-bond donors (Lipinski definition) is 1. The molecule has 1 atom stereocenters. The molecule has 0 aliphatic carbocycles. The highest BCUT2D eigenvalue weighted by atomic mass is 32.2. The van der Waals surface area contributed by atoms with E-state index < -0.39 is 10.0 Å². The van der Waals surface area contributed by atoms with Crippen molar-refractivity contribution in [1.29, 1.82) is 0 Å². The van der Waals surface area contributed by atoms with Crippen LogP contribution in [0.4, 0.5) is 0 Å². The van der Waals surface area contributed by atoms with Crippen LogP contribution in [0, 0.1) is 0 Å². The highest BCUT2D eigenvalue weighted by molar-refractivity contribution is 7.89. The molecule has 23 heavy (non-hydrogen) atoms. The molecule has 0 aromatic heterocycles. The Morgan fingerprint density at radius 1 is 1.09 bits per heavy atom. The molecule has 0 aliphatic rings. The van der Waals surface area contributed by atoms with Gasteiger partial charge in [-0.15, -0.1) is 0 Å². The zero-order chi connectivity index (χ0) is 16.9. The maximum atomic E-state index is 12.4. The molecule has 0 saturated carbocycles. The first-order valence-corrected chi connectivity index (χ1v) is 9.17. The maximum absolute atomic E-state index is 12.4. The molecule has 2 rings (SSSR count). The van der Waals surface area contributed by atoms with Gasteiger partial charge in [0, 0.05) is 6.04 Å². The minimum Gasteiger partial charge on any atom is -0.497 e. The Hall–Kier alpha value is -1.85. The van der Waals surface area contributed by atoms with Crippen molar-refractivity contribution < 1.29 is 13.2 Å². The Balaban J connectivity index is 2.06. The first kappa shape index (κ1) is 17.5. The molecule has 0 radical (unpaired) electrons. The van der Waals surface area contributed by atoms with E-state index in [2.05, 4.69) is 4.72 Å². The van der Waals surface area contributed by atoms with Crippen molar-refractivity contribution in [2.24, 2.45) is 0 Å². The van der Waals surface area contributed by atoms with E-state index in [1.54, 1.807) is 19.2 Å². The van der Waals surface area contributed by atoms with E-state index in [4.69, 9.17) is 4.74 Å². The van der Waals surface area contributed by atoms with E-state index in [1.165, 1.54) is 0 Å². The van der Waals surface area contributed by atoms with Gasteiger partial charge in [0.1, 0.15) is 5.75 Å². The third-order valence-electron chi connectivity index (χ3n) is 3.67. The molecule has 1 unspecified atom stereocenters. The highest BCUT2D eigenvalue weighted by Gasteiger charge is 2.17. The highest BCUT2D eigenvalue weighted by Crippen LogP contribution is 2.16. The van der Waals surface area contributed by atoms with E-state index in [1.807, 2.05) is 50.2 Å². The van der Waals surface area contributed by atoms with Gasteiger partial charge in [-0.3, -0.25) is 0 Å². The Labute approximate surface area is 138 Å². The number of ether oxygens (including phenoxy) is 1. The average Bonchev–Trinajstić information content (AvgIpc) is 2.54. The van der Waals surface area contributed by atoms with Crippen molar-refractivity contribution in [3.63, 3.8) is 0 Å². The summed E-state index contributed by atoms with van der Waals surface area (Å²) in [6.07, 6.45) is 1.49. The molecular formula is C18H23NO3S. The van der Waals surface area contributed by atoms with E-state index in [0.29, 0.717) is 11.3 Å². The van der Waals surface area contributed by atoms with Gasteiger partial charge >= 0.3 is 0 Å². The monoisotopic (exact) mass is 333 g/mol. The summed E-state index contributed by atoms with van der Waals surface area (Å²) >= 11 is 0. The average molecular weight is 333 g/mol. The molecule has 124 valence electrons. The van der Waals surface area contributed by atoms with Crippen LogP contribution >= 0.6 is 0 Å². The van der Waals surface area contributed by atoms with Gasteiger partial charge in [-0.1, -0.05) is 31.2 Å². The van der Waals surface area contributed by atoms with Crippen molar-refractivity contribution in [2.45, 2.75) is 37.6 Å². The number of sulfonamides is 1. The van der Waals surface area contributed by atoms with Gasteiger partial charge in [0.05, 0.1) is 12.0 Å². The summed E-state index contributed by atoms with van der Waals surface area (Å²) in [4.78, 5) is 0.298. The predicted octanol–water partition coefficient (Wildman–Crippen LogP) is 3.17. The predicted molar refractivity (Wildman–Crippen MR) is 92.3 cm³/mol. The van der Waals surface area contributed by atoms with Crippen molar-refractivity contribution in [3.8, 4) is 5.75 Å². The summed E-state index contributed by atoms with van der Waals surface area (Å²) in [5.74, 6) is 0.771. The third kappa shape index (κ3) is 4.81. The molecule has 1 N–H and O–H groups in total. The number of hydrogen-bond acceptors (Lipinski definition) is 3. The summed E-state index contributed by atoms with van der Waals surface area (Å²) in [5, 5.41) is 0. The van der Waals surface area contributed by atoms with Crippen LogP contribution in [0.3, 0.4) is 0 Å². The number of rotatable bonds is 7. The molecule has 0 spiro atoms. The van der Waals surface area contributed by atoms with Crippen molar-refractivity contribution in [2.75, 3.05) is 7.11 Å². The number of methoxy groups -OCH3 is 1. The third-order valence-corrected chi connectivity index (χ3v) is 5.28. The van der Waals surface area contributed by atoms with Crippen LogP contribution in [0.2, 0.25) is 0 Å². The Kier molecular flexibility index (Phi) is 5.80. The standard InChI is InChI=1S/C18H23NO3S/c1-4-15-8-10-18(11-9-15)23(20,21)19-14(2)12-16-6-5-7-17(13-16)22-3/h5-11,13-14,19H,4,12H2,1-3H3. The fourth-order valence-electron chi connectivity index (χ4n) is 2.43. The topological polar surface area (TPSA) is 55.4 Å². The van der Waals surface area contributed by atoms with Crippen molar-refractivity contribution in [1.82, 2.24) is 4.72 Å². The maximum Gasteiger partial charge on any atom is 0.240 e. The van der Waals surface area contributed by atoms with Crippen LogP contribution in [0.25, 0.3) is 0 Å². The molecule has 0 bridgehead atoms. The van der Waals surface area contributed by atoms with Crippen LogP contribution in [0.15, 0.2) is 53.4 Å². The van der Waals surface area contributed by atoms with E-state index in [9.17, 15) is 8.42 Å². The first-order valence-electron chi connectivity index (χ1n) is 7.69. The number of nitrogens with one attached hydrogen (secondary N) is 1. The lowest BCUT2D eigenvalue weighted by molar-refractivity contribution is 0.414. The molecule has 4 nitrogen and oxygen atoms in total. The molecule has 2 aromatic carbocycles. The summed E-state index contributed by atoms with van der Waals surface area (Å²) in [7, 11) is -1.89. The minimum atomic E-state index is -3.50. The fourth-order valence-corrected chi connectivity index (χ4v) is 3.68. The van der Waals surface area contributed by atoms with E-state index in [0.717, 1.165) is 23.3 Å². The second-order valence-corrected chi connectivity index (χ2v) is 7.29. The normalized spacial score (nSPS) is 12.8. The second-order valence-electron chi connectivity index (χ2n) is 5.58. The fraction of sp³-hybridized carbons (Fsp3) is 0.333. The van der Waals surface area contributed by atoms with Gasteiger partial charge in [0.2, 0.25) is 10.0 Å². The Bertz CT molecular complexity index is 739. The second kappa shape index (κ2) is 7.62. The van der Waals surface area contributed by atoms with Gasteiger partial charge in [0.25, 0.3) is 0 Å². The van der Waals surface area contributed by atoms with Crippen LogP contribution < -0.4 is 9.46 Å².